The van der Waals surface area contributed by atoms with Crippen LogP contribution >= 0.6 is 0 Å². The maximum absolute atomic E-state index is 13.0. The zero-order valence-corrected chi connectivity index (χ0v) is 17.8. The second kappa shape index (κ2) is 8.46. The van der Waals surface area contributed by atoms with E-state index in [0.717, 1.165) is 28.7 Å². The monoisotopic (exact) mass is 438 g/mol. The van der Waals surface area contributed by atoms with Gasteiger partial charge in [0.25, 0.3) is 0 Å². The molecule has 2 aromatic carbocycles. The minimum atomic E-state index is -5.73. The minimum absolute atomic E-state index is 0.104. The molecule has 3 nitrogen and oxygen atoms in total. The van der Waals surface area contributed by atoms with Gasteiger partial charge in [-0.1, -0.05) is 59.7 Å². The highest BCUT2D eigenvalue weighted by Gasteiger charge is 2.51. The van der Waals surface area contributed by atoms with Gasteiger partial charge in [0, 0.05) is 5.41 Å². The number of rotatable bonds is 6. The summed E-state index contributed by atoms with van der Waals surface area (Å²) in [4.78, 5) is 0. The Kier molecular flexibility index (Phi) is 6.32. The highest BCUT2D eigenvalue weighted by molar-refractivity contribution is 7.87. The molecule has 0 spiro atoms. The van der Waals surface area contributed by atoms with Crippen LogP contribution < -0.4 is 0 Å². The van der Waals surface area contributed by atoms with Crippen molar-refractivity contribution in [3.63, 3.8) is 0 Å². The van der Waals surface area contributed by atoms with E-state index in [1.54, 1.807) is 0 Å². The first-order chi connectivity index (χ1) is 14.0. The predicted octanol–water partition coefficient (Wildman–Crippen LogP) is 6.01. The van der Waals surface area contributed by atoms with Gasteiger partial charge in [0.05, 0.1) is 0 Å². The molecule has 7 heteroatoms. The van der Waals surface area contributed by atoms with Gasteiger partial charge in [0.2, 0.25) is 0 Å². The van der Waals surface area contributed by atoms with Crippen molar-refractivity contribution in [3.05, 3.63) is 82.6 Å². The number of aryl methyl sites for hydroxylation is 2. The van der Waals surface area contributed by atoms with Crippen molar-refractivity contribution in [2.75, 3.05) is 0 Å². The molecule has 0 radical (unpaired) electrons. The number of hydrogen-bond donors (Lipinski definition) is 0. The van der Waals surface area contributed by atoms with E-state index in [9.17, 15) is 21.6 Å². The van der Waals surface area contributed by atoms with Crippen LogP contribution in [0.25, 0.3) is 0 Å². The molecule has 0 heterocycles. The van der Waals surface area contributed by atoms with Gasteiger partial charge in [-0.15, -0.1) is 0 Å². The Morgan fingerprint density at radius 3 is 1.80 bits per heavy atom. The third-order valence-electron chi connectivity index (χ3n) is 5.52. The summed E-state index contributed by atoms with van der Waals surface area (Å²) in [5, 5.41) is 0. The summed E-state index contributed by atoms with van der Waals surface area (Å²) in [6.07, 6.45) is 4.05. The summed E-state index contributed by atoms with van der Waals surface area (Å²) >= 11 is 0. The first-order valence-electron chi connectivity index (χ1n) is 9.83. The lowest BCUT2D eigenvalue weighted by molar-refractivity contribution is -0.0536. The van der Waals surface area contributed by atoms with Crippen LogP contribution in [0.3, 0.4) is 0 Å². The van der Waals surface area contributed by atoms with Crippen LogP contribution in [-0.4, -0.2) is 13.9 Å². The van der Waals surface area contributed by atoms with Crippen molar-refractivity contribution in [1.29, 1.82) is 0 Å². The maximum Gasteiger partial charge on any atom is 0.534 e. The molecule has 0 N–H and O–H groups in total. The van der Waals surface area contributed by atoms with Crippen LogP contribution in [0.4, 0.5) is 13.2 Å². The van der Waals surface area contributed by atoms with Crippen molar-refractivity contribution < 1.29 is 25.8 Å². The molecule has 1 aliphatic carbocycles. The molecule has 3 rings (SSSR count). The van der Waals surface area contributed by atoms with E-state index in [0.29, 0.717) is 25.7 Å². The highest BCUT2D eigenvalue weighted by Crippen LogP contribution is 2.46. The van der Waals surface area contributed by atoms with Crippen molar-refractivity contribution >= 4 is 10.1 Å². The number of benzene rings is 2. The lowest BCUT2D eigenvalue weighted by Gasteiger charge is -2.38. The molecular weight excluding hydrogens is 413 g/mol. The quantitative estimate of drug-likeness (QED) is 0.410. The largest absolute Gasteiger partial charge is 0.534 e. The van der Waals surface area contributed by atoms with Crippen LogP contribution in [-0.2, 0) is 27.1 Å². The Labute approximate surface area is 175 Å². The Balaban J connectivity index is 2.03. The van der Waals surface area contributed by atoms with Crippen LogP contribution in [0, 0.1) is 19.3 Å². The van der Waals surface area contributed by atoms with Crippen LogP contribution in [0.2, 0.25) is 0 Å². The normalized spacial score (nSPS) is 16.8. The van der Waals surface area contributed by atoms with Crippen LogP contribution in [0.1, 0.15) is 41.5 Å². The fourth-order valence-electron chi connectivity index (χ4n) is 3.91. The van der Waals surface area contributed by atoms with Crippen molar-refractivity contribution in [1.82, 2.24) is 0 Å². The molecule has 0 bridgehead atoms. The zero-order valence-electron chi connectivity index (χ0n) is 17.0. The van der Waals surface area contributed by atoms with E-state index in [4.69, 9.17) is 4.18 Å². The number of alkyl halides is 3. The van der Waals surface area contributed by atoms with E-state index in [1.165, 1.54) is 6.08 Å². The lowest BCUT2D eigenvalue weighted by atomic mass is 9.69. The topological polar surface area (TPSA) is 43.4 Å². The smallest absolute Gasteiger partial charge is 0.380 e. The van der Waals surface area contributed by atoms with E-state index in [-0.39, 0.29) is 5.76 Å². The van der Waals surface area contributed by atoms with Crippen LogP contribution in [0.5, 0.6) is 0 Å². The Hall–Kier alpha value is -2.28. The molecule has 1 aliphatic rings. The zero-order chi connectivity index (χ0) is 22.0. The molecule has 0 aromatic heterocycles. The third-order valence-corrected chi connectivity index (χ3v) is 6.49. The SMILES string of the molecule is Cc1ccc(CC2(Cc3ccc(C)cc3)CCCC=C2OS(=O)(=O)C(F)(F)F)cc1. The average Bonchev–Trinajstić information content (AvgIpc) is 2.66. The highest BCUT2D eigenvalue weighted by atomic mass is 32.2. The number of hydrogen-bond acceptors (Lipinski definition) is 3. The second-order valence-corrected chi connectivity index (χ2v) is 9.59. The fraction of sp³-hybridized carbons (Fsp3) is 0.391. The molecule has 0 amide bonds. The number of halogens is 3. The molecule has 0 saturated heterocycles. The van der Waals surface area contributed by atoms with E-state index >= 15 is 0 Å². The average molecular weight is 439 g/mol. The van der Waals surface area contributed by atoms with Crippen molar-refractivity contribution in [2.24, 2.45) is 5.41 Å². The summed E-state index contributed by atoms with van der Waals surface area (Å²) in [6.45, 7) is 3.91. The summed E-state index contributed by atoms with van der Waals surface area (Å²) < 4.78 is 67.5. The molecule has 0 atom stereocenters. The van der Waals surface area contributed by atoms with E-state index < -0.39 is 21.0 Å². The lowest BCUT2D eigenvalue weighted by Crippen LogP contribution is -2.36. The van der Waals surface area contributed by atoms with Gasteiger partial charge in [-0.3, -0.25) is 0 Å². The molecule has 0 aliphatic heterocycles. The second-order valence-electron chi connectivity index (χ2n) is 8.05. The van der Waals surface area contributed by atoms with Gasteiger partial charge in [-0.05, 0) is 63.2 Å². The summed E-state index contributed by atoms with van der Waals surface area (Å²) in [7, 11) is -5.73. The molecule has 0 unspecified atom stereocenters. The van der Waals surface area contributed by atoms with Gasteiger partial charge < -0.3 is 4.18 Å². The summed E-state index contributed by atoms with van der Waals surface area (Å²) in [5.41, 5.74) is -2.35. The summed E-state index contributed by atoms with van der Waals surface area (Å²) in [6, 6.07) is 15.5. The van der Waals surface area contributed by atoms with Gasteiger partial charge in [-0.2, -0.15) is 21.6 Å². The first-order valence-corrected chi connectivity index (χ1v) is 11.2. The standard InChI is InChI=1S/C23H25F3O3S/c1-17-6-10-19(11-7-17)15-22(16-20-12-8-18(2)9-13-20)14-4-3-5-21(22)29-30(27,28)23(24,25)26/h5-13H,3-4,14-16H2,1-2H3. The van der Waals surface area contributed by atoms with Crippen molar-refractivity contribution in [2.45, 2.75) is 51.5 Å². The van der Waals surface area contributed by atoms with Gasteiger partial charge >= 0.3 is 15.6 Å². The first kappa shape index (κ1) is 22.4. The Morgan fingerprint density at radius 1 is 0.900 bits per heavy atom. The van der Waals surface area contributed by atoms with Gasteiger partial charge in [0.1, 0.15) is 5.76 Å². The van der Waals surface area contributed by atoms with Gasteiger partial charge in [0.15, 0.2) is 0 Å². The van der Waals surface area contributed by atoms with E-state index in [2.05, 4.69) is 0 Å². The predicted molar refractivity (Wildman–Crippen MR) is 110 cm³/mol. The van der Waals surface area contributed by atoms with Crippen molar-refractivity contribution in [3.8, 4) is 0 Å². The molecule has 0 fully saturated rings. The fourth-order valence-corrected chi connectivity index (χ4v) is 4.48. The van der Waals surface area contributed by atoms with Gasteiger partial charge in [-0.25, -0.2) is 0 Å². The summed E-state index contributed by atoms with van der Waals surface area (Å²) in [5.74, 6) is -0.104. The molecule has 162 valence electrons. The molecule has 30 heavy (non-hydrogen) atoms. The molecule has 0 saturated carbocycles. The number of allylic oxidation sites excluding steroid dienone is 2. The Bertz CT molecular complexity index is 958. The maximum atomic E-state index is 13.0. The molecular formula is C23H25F3O3S. The Morgan fingerprint density at radius 2 is 1.37 bits per heavy atom. The van der Waals surface area contributed by atoms with E-state index in [1.807, 2.05) is 62.4 Å². The minimum Gasteiger partial charge on any atom is -0.380 e. The molecule has 2 aromatic rings. The third kappa shape index (κ3) is 5.06. The van der Waals surface area contributed by atoms with Crippen LogP contribution in [0.15, 0.2) is 60.4 Å².